The van der Waals surface area contributed by atoms with Crippen molar-refractivity contribution in [2.75, 3.05) is 0 Å². The predicted octanol–water partition coefficient (Wildman–Crippen LogP) is 3.13. The van der Waals surface area contributed by atoms with Gasteiger partial charge in [0.2, 0.25) is 11.7 Å². The summed E-state index contributed by atoms with van der Waals surface area (Å²) in [7, 11) is 0. The highest BCUT2D eigenvalue weighted by Crippen LogP contribution is 2.18. The molecule has 23 heavy (non-hydrogen) atoms. The quantitative estimate of drug-likeness (QED) is 0.783. The SMILES string of the molecule is CCc1nc(C)c(C(=O)NCc2coc(-c3ccccc3)n2)o1. The Bertz CT molecular complexity index is 806. The smallest absolute Gasteiger partial charge is 0.289 e. The Balaban J connectivity index is 1.65. The molecule has 0 bridgehead atoms. The van der Waals surface area contributed by atoms with Crippen LogP contribution < -0.4 is 5.32 Å². The molecule has 0 unspecified atom stereocenters. The van der Waals surface area contributed by atoms with E-state index in [1.165, 1.54) is 6.26 Å². The Morgan fingerprint density at radius 3 is 2.70 bits per heavy atom. The van der Waals surface area contributed by atoms with E-state index in [-0.39, 0.29) is 18.2 Å². The molecular formula is C17H17N3O3. The third-order valence-corrected chi connectivity index (χ3v) is 3.35. The van der Waals surface area contributed by atoms with Crippen LogP contribution in [0.25, 0.3) is 11.5 Å². The molecule has 0 atom stereocenters. The van der Waals surface area contributed by atoms with E-state index in [1.54, 1.807) is 6.92 Å². The molecule has 6 nitrogen and oxygen atoms in total. The standard InChI is InChI=1S/C17H17N3O3/c1-3-14-19-11(2)15(23-14)16(21)18-9-13-10-22-17(20-13)12-7-5-4-6-8-12/h4-8,10H,3,9H2,1-2H3,(H,18,21). The molecule has 0 aliphatic rings. The molecule has 118 valence electrons. The lowest BCUT2D eigenvalue weighted by Gasteiger charge is -2.00. The maximum absolute atomic E-state index is 12.1. The molecule has 1 N–H and O–H groups in total. The monoisotopic (exact) mass is 311 g/mol. The molecule has 0 spiro atoms. The van der Waals surface area contributed by atoms with Gasteiger partial charge in [0.1, 0.15) is 6.26 Å². The van der Waals surface area contributed by atoms with Gasteiger partial charge in [0.05, 0.1) is 17.9 Å². The zero-order valence-electron chi connectivity index (χ0n) is 13.0. The topological polar surface area (TPSA) is 81.2 Å². The summed E-state index contributed by atoms with van der Waals surface area (Å²) in [5.74, 6) is 1.02. The molecule has 3 aromatic rings. The first-order valence-corrected chi connectivity index (χ1v) is 7.41. The highest BCUT2D eigenvalue weighted by Gasteiger charge is 2.17. The number of amides is 1. The molecule has 6 heteroatoms. The van der Waals surface area contributed by atoms with E-state index in [2.05, 4.69) is 15.3 Å². The van der Waals surface area contributed by atoms with Crippen LogP contribution in [0.5, 0.6) is 0 Å². The van der Waals surface area contributed by atoms with Crippen LogP contribution in [0.15, 0.2) is 45.4 Å². The van der Waals surface area contributed by atoms with E-state index in [0.29, 0.717) is 29.6 Å². The number of carbonyl (C=O) groups is 1. The minimum absolute atomic E-state index is 0.244. The first kappa shape index (κ1) is 15.0. The molecule has 0 fully saturated rings. The van der Waals surface area contributed by atoms with Gasteiger partial charge in [0, 0.05) is 12.0 Å². The van der Waals surface area contributed by atoms with Crippen LogP contribution in [0.3, 0.4) is 0 Å². The van der Waals surface area contributed by atoms with Crippen molar-refractivity contribution in [1.29, 1.82) is 0 Å². The van der Waals surface area contributed by atoms with Crippen molar-refractivity contribution in [3.63, 3.8) is 0 Å². The number of aromatic nitrogens is 2. The van der Waals surface area contributed by atoms with E-state index in [4.69, 9.17) is 8.83 Å². The van der Waals surface area contributed by atoms with Gasteiger partial charge in [-0.2, -0.15) is 0 Å². The van der Waals surface area contributed by atoms with Gasteiger partial charge in [-0.15, -0.1) is 0 Å². The molecule has 0 saturated carbocycles. The van der Waals surface area contributed by atoms with Crippen molar-refractivity contribution in [2.45, 2.75) is 26.8 Å². The normalized spacial score (nSPS) is 10.7. The minimum Gasteiger partial charge on any atom is -0.444 e. The zero-order valence-corrected chi connectivity index (χ0v) is 13.0. The maximum Gasteiger partial charge on any atom is 0.289 e. The van der Waals surface area contributed by atoms with E-state index in [9.17, 15) is 4.79 Å². The van der Waals surface area contributed by atoms with Gasteiger partial charge in [0.15, 0.2) is 5.89 Å². The van der Waals surface area contributed by atoms with Crippen LogP contribution in [-0.4, -0.2) is 15.9 Å². The average Bonchev–Trinajstić information content (AvgIpc) is 3.20. The Kier molecular flexibility index (Phi) is 4.23. The van der Waals surface area contributed by atoms with E-state index in [0.717, 1.165) is 5.56 Å². The van der Waals surface area contributed by atoms with Gasteiger partial charge in [-0.05, 0) is 19.1 Å². The summed E-state index contributed by atoms with van der Waals surface area (Å²) < 4.78 is 10.9. The van der Waals surface area contributed by atoms with Gasteiger partial charge in [-0.3, -0.25) is 4.79 Å². The van der Waals surface area contributed by atoms with Gasteiger partial charge in [-0.25, -0.2) is 9.97 Å². The summed E-state index contributed by atoms with van der Waals surface area (Å²) >= 11 is 0. The number of benzene rings is 1. The summed E-state index contributed by atoms with van der Waals surface area (Å²) in [4.78, 5) is 20.7. The fourth-order valence-electron chi connectivity index (χ4n) is 2.17. The van der Waals surface area contributed by atoms with Crippen molar-refractivity contribution in [3.8, 4) is 11.5 Å². The Morgan fingerprint density at radius 2 is 2.00 bits per heavy atom. The average molecular weight is 311 g/mol. The van der Waals surface area contributed by atoms with E-state index >= 15 is 0 Å². The Morgan fingerprint density at radius 1 is 1.22 bits per heavy atom. The predicted molar refractivity (Wildman–Crippen MR) is 83.7 cm³/mol. The number of nitrogens with zero attached hydrogens (tertiary/aromatic N) is 2. The highest BCUT2D eigenvalue weighted by atomic mass is 16.4. The molecule has 0 radical (unpaired) electrons. The number of carbonyl (C=O) groups excluding carboxylic acids is 1. The van der Waals surface area contributed by atoms with E-state index < -0.39 is 0 Å². The molecule has 1 amide bonds. The third kappa shape index (κ3) is 3.31. The van der Waals surface area contributed by atoms with E-state index in [1.807, 2.05) is 37.3 Å². The van der Waals surface area contributed by atoms with Crippen LogP contribution in [-0.2, 0) is 13.0 Å². The first-order valence-electron chi connectivity index (χ1n) is 7.41. The lowest BCUT2D eigenvalue weighted by molar-refractivity contribution is 0.0920. The Hall–Kier alpha value is -2.89. The number of nitrogens with one attached hydrogen (secondary N) is 1. The lowest BCUT2D eigenvalue weighted by Crippen LogP contribution is -2.23. The van der Waals surface area contributed by atoms with Gasteiger partial charge >= 0.3 is 0 Å². The summed E-state index contributed by atoms with van der Waals surface area (Å²) in [6, 6.07) is 9.59. The van der Waals surface area contributed by atoms with Gasteiger partial charge in [-0.1, -0.05) is 25.1 Å². The number of hydrogen-bond acceptors (Lipinski definition) is 5. The highest BCUT2D eigenvalue weighted by molar-refractivity contribution is 5.92. The Labute approximate surface area is 133 Å². The molecule has 0 aliphatic heterocycles. The van der Waals surface area contributed by atoms with Crippen LogP contribution in [0.2, 0.25) is 0 Å². The summed E-state index contributed by atoms with van der Waals surface area (Å²) in [6.07, 6.45) is 2.19. The summed E-state index contributed by atoms with van der Waals surface area (Å²) in [5.41, 5.74) is 2.12. The van der Waals surface area contributed by atoms with Crippen molar-refractivity contribution < 1.29 is 13.6 Å². The third-order valence-electron chi connectivity index (χ3n) is 3.35. The summed E-state index contributed by atoms with van der Waals surface area (Å²) in [6.45, 7) is 3.94. The molecule has 2 aromatic heterocycles. The molecular weight excluding hydrogens is 294 g/mol. The van der Waals surface area contributed by atoms with Crippen molar-refractivity contribution >= 4 is 5.91 Å². The second-order valence-corrected chi connectivity index (χ2v) is 5.07. The molecule has 0 aliphatic carbocycles. The number of oxazole rings is 2. The molecule has 1 aromatic carbocycles. The van der Waals surface area contributed by atoms with Crippen molar-refractivity contribution in [1.82, 2.24) is 15.3 Å². The second kappa shape index (κ2) is 6.48. The molecule has 2 heterocycles. The zero-order chi connectivity index (χ0) is 16.2. The van der Waals surface area contributed by atoms with Crippen LogP contribution in [0.4, 0.5) is 0 Å². The largest absolute Gasteiger partial charge is 0.444 e. The minimum atomic E-state index is -0.307. The van der Waals surface area contributed by atoms with Crippen molar-refractivity contribution in [2.24, 2.45) is 0 Å². The fourth-order valence-corrected chi connectivity index (χ4v) is 2.17. The van der Waals surface area contributed by atoms with Crippen LogP contribution in [0.1, 0.15) is 34.8 Å². The number of rotatable bonds is 5. The first-order chi connectivity index (χ1) is 11.2. The molecule has 3 rings (SSSR count). The summed E-state index contributed by atoms with van der Waals surface area (Å²) in [5, 5.41) is 2.76. The van der Waals surface area contributed by atoms with Crippen LogP contribution in [0, 0.1) is 6.92 Å². The van der Waals surface area contributed by atoms with Gasteiger partial charge < -0.3 is 14.2 Å². The van der Waals surface area contributed by atoms with Crippen LogP contribution >= 0.6 is 0 Å². The molecule has 0 saturated heterocycles. The fraction of sp³-hybridized carbons (Fsp3) is 0.235. The van der Waals surface area contributed by atoms with Gasteiger partial charge in [0.25, 0.3) is 5.91 Å². The van der Waals surface area contributed by atoms with Crippen molar-refractivity contribution in [3.05, 3.63) is 59.6 Å². The maximum atomic E-state index is 12.1. The number of aryl methyl sites for hydroxylation is 2. The second-order valence-electron chi connectivity index (χ2n) is 5.07. The number of hydrogen-bond donors (Lipinski definition) is 1. The lowest BCUT2D eigenvalue weighted by atomic mass is 10.2.